The van der Waals surface area contributed by atoms with Crippen molar-refractivity contribution in [3.8, 4) is 0 Å². The minimum Gasteiger partial charge on any atom is -0.144 e. The molecule has 0 aliphatic carbocycles. The lowest BCUT2D eigenvalue weighted by molar-refractivity contribution is 1.37. The minimum absolute atomic E-state index is 1.09. The number of hydrogen-bond donors (Lipinski definition) is 1. The van der Waals surface area contributed by atoms with Crippen LogP contribution in [0.15, 0.2) is 22.4 Å². The van der Waals surface area contributed by atoms with E-state index in [1.807, 2.05) is 0 Å². The monoisotopic (exact) mass is 306 g/mol. The first-order valence-corrected chi connectivity index (χ1v) is 5.96. The summed E-state index contributed by atoms with van der Waals surface area (Å²) >= 11 is 8.53. The van der Waals surface area contributed by atoms with Gasteiger partial charge in [-0.3, -0.25) is 0 Å². The zero-order chi connectivity index (χ0) is 8.72. The summed E-state index contributed by atoms with van der Waals surface area (Å²) in [5.74, 6) is 0. The molecular weight excluding hydrogens is 299 g/mol. The highest BCUT2D eigenvalue weighted by Gasteiger charge is 2.05. The average molecular weight is 306 g/mol. The van der Waals surface area contributed by atoms with Gasteiger partial charge < -0.3 is 0 Å². The van der Waals surface area contributed by atoms with E-state index in [1.165, 1.54) is 19.2 Å². The number of thiol groups is 1. The molecule has 3 heteroatoms. The van der Waals surface area contributed by atoms with Crippen LogP contribution in [0.1, 0.15) is 5.56 Å². The molecule has 0 unspecified atom stereocenters. The summed E-state index contributed by atoms with van der Waals surface area (Å²) < 4.78 is 2.60. The van der Waals surface area contributed by atoms with Gasteiger partial charge in [-0.15, -0.1) is 24.0 Å². The summed E-state index contributed by atoms with van der Waals surface area (Å²) in [5.41, 5.74) is 1.35. The largest absolute Gasteiger partial charge is 0.144 e. The van der Waals surface area contributed by atoms with Crippen molar-refractivity contribution in [2.45, 2.75) is 11.8 Å². The van der Waals surface area contributed by atoms with Crippen molar-refractivity contribution >= 4 is 56.6 Å². The van der Waals surface area contributed by atoms with Gasteiger partial charge in [-0.05, 0) is 58.0 Å². The first kappa shape index (κ1) is 8.84. The molecule has 1 heterocycles. The second-order valence-corrected chi connectivity index (χ2v) is 5.18. The van der Waals surface area contributed by atoms with Crippen LogP contribution < -0.4 is 0 Å². The highest BCUT2D eigenvalue weighted by molar-refractivity contribution is 14.1. The Balaban J connectivity index is 2.94. The number of hydrogen-bond acceptors (Lipinski definition) is 2. The van der Waals surface area contributed by atoms with Gasteiger partial charge in [0.15, 0.2) is 0 Å². The number of rotatable bonds is 0. The van der Waals surface area contributed by atoms with Gasteiger partial charge in [0, 0.05) is 13.2 Å². The predicted octanol–water partition coefficient (Wildman–Crippen LogP) is 4.10. The van der Waals surface area contributed by atoms with Gasteiger partial charge in [0.05, 0.1) is 0 Å². The molecule has 2 rings (SSSR count). The van der Waals surface area contributed by atoms with Crippen LogP contribution in [0.25, 0.3) is 10.1 Å². The maximum atomic E-state index is 4.42. The van der Waals surface area contributed by atoms with Gasteiger partial charge in [0.25, 0.3) is 0 Å². The van der Waals surface area contributed by atoms with E-state index in [0.29, 0.717) is 0 Å². The summed E-state index contributed by atoms with van der Waals surface area (Å²) in [6.07, 6.45) is 0. The molecule has 0 radical (unpaired) electrons. The van der Waals surface area contributed by atoms with E-state index in [-0.39, 0.29) is 0 Å². The Morgan fingerprint density at radius 2 is 2.25 bits per heavy atom. The van der Waals surface area contributed by atoms with Gasteiger partial charge in [0.1, 0.15) is 0 Å². The number of benzene rings is 1. The molecule has 0 saturated heterocycles. The minimum atomic E-state index is 1.09. The van der Waals surface area contributed by atoms with Crippen LogP contribution in [0.5, 0.6) is 0 Å². The number of aryl methyl sites for hydroxylation is 1. The molecule has 0 fully saturated rings. The lowest BCUT2D eigenvalue weighted by atomic mass is 10.1. The standard InChI is InChI=1S/C9H7IS2/c1-5-6-2-3-12-8(6)4-7(11)9(5)10/h2-4,11H,1H3. The van der Waals surface area contributed by atoms with E-state index in [4.69, 9.17) is 0 Å². The van der Waals surface area contributed by atoms with Crippen molar-refractivity contribution in [3.05, 3.63) is 26.6 Å². The Labute approximate surface area is 94.5 Å². The summed E-state index contributed by atoms with van der Waals surface area (Å²) in [6.45, 7) is 2.15. The lowest BCUT2D eigenvalue weighted by Gasteiger charge is -2.02. The summed E-state index contributed by atoms with van der Waals surface area (Å²) in [4.78, 5) is 1.09. The molecule has 0 aliphatic heterocycles. The second kappa shape index (κ2) is 3.20. The zero-order valence-corrected chi connectivity index (χ0v) is 10.3. The molecule has 62 valence electrons. The van der Waals surface area contributed by atoms with Gasteiger partial charge in [0.2, 0.25) is 0 Å². The molecular formula is C9H7IS2. The summed E-state index contributed by atoms with van der Waals surface area (Å²) in [7, 11) is 0. The fourth-order valence-electron chi connectivity index (χ4n) is 1.24. The van der Waals surface area contributed by atoms with Crippen LogP contribution >= 0.6 is 46.6 Å². The Hall–Kier alpha value is 0.260. The Morgan fingerprint density at radius 3 is 3.00 bits per heavy atom. The lowest BCUT2D eigenvalue weighted by Crippen LogP contribution is -1.82. The van der Waals surface area contributed by atoms with Gasteiger partial charge >= 0.3 is 0 Å². The Kier molecular flexibility index (Phi) is 2.35. The first-order valence-electron chi connectivity index (χ1n) is 3.55. The topological polar surface area (TPSA) is 0 Å². The van der Waals surface area contributed by atoms with Crippen molar-refractivity contribution in [3.63, 3.8) is 0 Å². The Morgan fingerprint density at radius 1 is 1.50 bits per heavy atom. The molecule has 1 aromatic carbocycles. The zero-order valence-electron chi connectivity index (χ0n) is 6.47. The molecule has 2 aromatic rings. The predicted molar refractivity (Wildman–Crippen MR) is 66.5 cm³/mol. The van der Waals surface area contributed by atoms with E-state index >= 15 is 0 Å². The van der Waals surface area contributed by atoms with Crippen LogP contribution in [0.4, 0.5) is 0 Å². The van der Waals surface area contributed by atoms with Gasteiger partial charge in [-0.2, -0.15) is 0 Å². The van der Waals surface area contributed by atoms with Gasteiger partial charge in [-0.1, -0.05) is 0 Å². The number of fused-ring (bicyclic) bond motifs is 1. The third-order valence-electron chi connectivity index (χ3n) is 1.92. The molecule has 0 atom stereocenters. The third-order valence-corrected chi connectivity index (χ3v) is 4.95. The SMILES string of the molecule is Cc1c(I)c(S)cc2sccc12. The summed E-state index contributed by atoms with van der Waals surface area (Å²) in [6, 6.07) is 4.31. The molecule has 0 nitrogen and oxygen atoms in total. The van der Waals surface area contributed by atoms with Crippen molar-refractivity contribution in [2.75, 3.05) is 0 Å². The smallest absolute Gasteiger partial charge is 0.0357 e. The van der Waals surface area contributed by atoms with Crippen LogP contribution in [0.2, 0.25) is 0 Å². The molecule has 0 bridgehead atoms. The fraction of sp³-hybridized carbons (Fsp3) is 0.111. The van der Waals surface area contributed by atoms with E-state index in [0.717, 1.165) is 4.90 Å². The molecule has 12 heavy (non-hydrogen) atoms. The van der Waals surface area contributed by atoms with Crippen molar-refractivity contribution in [1.29, 1.82) is 0 Å². The molecule has 0 aliphatic rings. The van der Waals surface area contributed by atoms with E-state index in [2.05, 4.69) is 59.7 Å². The van der Waals surface area contributed by atoms with E-state index in [9.17, 15) is 0 Å². The summed E-state index contributed by atoms with van der Waals surface area (Å²) in [5, 5.41) is 3.49. The molecule has 0 spiro atoms. The Bertz CT molecular complexity index is 431. The number of halogens is 1. The van der Waals surface area contributed by atoms with Crippen molar-refractivity contribution in [1.82, 2.24) is 0 Å². The van der Waals surface area contributed by atoms with E-state index < -0.39 is 0 Å². The van der Waals surface area contributed by atoms with Crippen LogP contribution in [-0.2, 0) is 0 Å². The van der Waals surface area contributed by atoms with Crippen LogP contribution in [0.3, 0.4) is 0 Å². The maximum Gasteiger partial charge on any atom is 0.0357 e. The second-order valence-electron chi connectivity index (χ2n) is 2.67. The van der Waals surface area contributed by atoms with Gasteiger partial charge in [-0.25, -0.2) is 0 Å². The highest BCUT2D eigenvalue weighted by atomic mass is 127. The fourth-order valence-corrected chi connectivity index (χ4v) is 2.96. The number of thiophene rings is 1. The van der Waals surface area contributed by atoms with Crippen LogP contribution in [-0.4, -0.2) is 0 Å². The molecule has 0 N–H and O–H groups in total. The van der Waals surface area contributed by atoms with E-state index in [1.54, 1.807) is 11.3 Å². The average Bonchev–Trinajstić information content (AvgIpc) is 2.48. The molecule has 0 saturated carbocycles. The molecule has 0 amide bonds. The third kappa shape index (κ3) is 1.28. The normalized spacial score (nSPS) is 10.9. The first-order chi connectivity index (χ1) is 5.70. The quantitative estimate of drug-likeness (QED) is 0.550. The van der Waals surface area contributed by atoms with Crippen LogP contribution in [0, 0.1) is 10.5 Å². The van der Waals surface area contributed by atoms with Crippen molar-refractivity contribution < 1.29 is 0 Å². The highest BCUT2D eigenvalue weighted by Crippen LogP contribution is 2.31. The van der Waals surface area contributed by atoms with Crippen molar-refractivity contribution in [2.24, 2.45) is 0 Å². The molecule has 1 aromatic heterocycles. The maximum absolute atomic E-state index is 4.42.